The molecule has 1 aromatic carbocycles. The molecule has 1 N–H and O–H groups in total. The number of rotatable bonds is 3. The smallest absolute Gasteiger partial charge is 0.110 e. The molecule has 1 aromatic heterocycles. The standard InChI is InChI=1S/C14H15N3O/c1-18-14(5-2-6-14)8-13-16-11-4-3-10(9-15)7-12(11)17-13/h3-4,7H,2,5-6,8H2,1H3,(H,16,17). The van der Waals surface area contributed by atoms with Crippen molar-refractivity contribution in [3.8, 4) is 6.07 Å². The van der Waals surface area contributed by atoms with Gasteiger partial charge >= 0.3 is 0 Å². The Bertz CT molecular complexity index is 614. The van der Waals surface area contributed by atoms with Crippen molar-refractivity contribution in [2.24, 2.45) is 0 Å². The average molecular weight is 241 g/mol. The predicted molar refractivity (Wildman–Crippen MR) is 68.1 cm³/mol. The van der Waals surface area contributed by atoms with E-state index >= 15 is 0 Å². The minimum Gasteiger partial charge on any atom is -0.378 e. The van der Waals surface area contributed by atoms with Gasteiger partial charge in [-0.2, -0.15) is 5.26 Å². The van der Waals surface area contributed by atoms with E-state index in [2.05, 4.69) is 16.0 Å². The average Bonchev–Trinajstić information content (AvgIpc) is 2.74. The lowest BCUT2D eigenvalue weighted by molar-refractivity contribution is -0.0719. The quantitative estimate of drug-likeness (QED) is 0.898. The zero-order valence-electron chi connectivity index (χ0n) is 10.4. The zero-order chi connectivity index (χ0) is 12.6. The van der Waals surface area contributed by atoms with Gasteiger partial charge in [0.05, 0.1) is 28.3 Å². The van der Waals surface area contributed by atoms with Crippen molar-refractivity contribution in [1.29, 1.82) is 5.26 Å². The highest BCUT2D eigenvalue weighted by Gasteiger charge is 2.37. The summed E-state index contributed by atoms with van der Waals surface area (Å²) in [5, 5.41) is 8.87. The fraction of sp³-hybridized carbons (Fsp3) is 0.429. The molecule has 0 aliphatic heterocycles. The van der Waals surface area contributed by atoms with Gasteiger partial charge in [-0.3, -0.25) is 0 Å². The fourth-order valence-corrected chi connectivity index (χ4v) is 2.55. The van der Waals surface area contributed by atoms with Gasteiger partial charge in [0.2, 0.25) is 0 Å². The summed E-state index contributed by atoms with van der Waals surface area (Å²) in [5.41, 5.74) is 2.47. The molecular formula is C14H15N3O. The summed E-state index contributed by atoms with van der Waals surface area (Å²) < 4.78 is 5.61. The van der Waals surface area contributed by atoms with Gasteiger partial charge in [-0.05, 0) is 37.5 Å². The minimum atomic E-state index is -0.0219. The Morgan fingerprint density at radius 1 is 1.50 bits per heavy atom. The van der Waals surface area contributed by atoms with Crippen LogP contribution in [0.15, 0.2) is 18.2 Å². The Kier molecular flexibility index (Phi) is 2.57. The summed E-state index contributed by atoms with van der Waals surface area (Å²) in [6, 6.07) is 7.65. The first-order valence-electron chi connectivity index (χ1n) is 6.19. The molecule has 1 heterocycles. The number of benzene rings is 1. The molecule has 4 nitrogen and oxygen atoms in total. The molecular weight excluding hydrogens is 226 g/mol. The molecule has 1 saturated carbocycles. The SMILES string of the molecule is COC1(Cc2nc3ccc(C#N)cc3[nH]2)CCC1. The predicted octanol–water partition coefficient (Wildman–Crippen LogP) is 2.55. The van der Waals surface area contributed by atoms with E-state index in [-0.39, 0.29) is 5.60 Å². The van der Waals surface area contributed by atoms with E-state index in [4.69, 9.17) is 10.00 Å². The number of aromatic amines is 1. The lowest BCUT2D eigenvalue weighted by Crippen LogP contribution is -2.41. The number of hydrogen-bond acceptors (Lipinski definition) is 3. The lowest BCUT2D eigenvalue weighted by atomic mass is 9.77. The minimum absolute atomic E-state index is 0.0219. The van der Waals surface area contributed by atoms with Crippen molar-refractivity contribution in [1.82, 2.24) is 9.97 Å². The van der Waals surface area contributed by atoms with Crippen molar-refractivity contribution >= 4 is 11.0 Å². The van der Waals surface area contributed by atoms with Crippen LogP contribution in [0, 0.1) is 11.3 Å². The largest absolute Gasteiger partial charge is 0.378 e. The normalized spacial score (nSPS) is 17.3. The molecule has 0 bridgehead atoms. The molecule has 0 spiro atoms. The second-order valence-electron chi connectivity index (χ2n) is 4.94. The molecule has 1 aliphatic rings. The summed E-state index contributed by atoms with van der Waals surface area (Å²) in [6.45, 7) is 0. The van der Waals surface area contributed by atoms with E-state index in [1.165, 1.54) is 6.42 Å². The first kappa shape index (κ1) is 11.2. The molecule has 92 valence electrons. The van der Waals surface area contributed by atoms with Gasteiger partial charge in [-0.1, -0.05) is 0 Å². The van der Waals surface area contributed by atoms with Crippen molar-refractivity contribution in [3.63, 3.8) is 0 Å². The van der Waals surface area contributed by atoms with E-state index in [1.54, 1.807) is 13.2 Å². The number of aromatic nitrogens is 2. The van der Waals surface area contributed by atoms with Crippen LogP contribution in [0.4, 0.5) is 0 Å². The van der Waals surface area contributed by atoms with Gasteiger partial charge in [0, 0.05) is 13.5 Å². The van der Waals surface area contributed by atoms with E-state index in [1.807, 2.05) is 12.1 Å². The second-order valence-corrected chi connectivity index (χ2v) is 4.94. The van der Waals surface area contributed by atoms with Crippen molar-refractivity contribution in [2.75, 3.05) is 7.11 Å². The maximum absolute atomic E-state index is 8.87. The Hall–Kier alpha value is -1.86. The summed E-state index contributed by atoms with van der Waals surface area (Å²) in [7, 11) is 1.77. The number of nitrogens with one attached hydrogen (secondary N) is 1. The monoisotopic (exact) mass is 241 g/mol. The van der Waals surface area contributed by atoms with Gasteiger partial charge < -0.3 is 9.72 Å². The Morgan fingerprint density at radius 3 is 2.94 bits per heavy atom. The highest BCUT2D eigenvalue weighted by atomic mass is 16.5. The van der Waals surface area contributed by atoms with Crippen LogP contribution in [0.2, 0.25) is 0 Å². The topological polar surface area (TPSA) is 61.7 Å². The lowest BCUT2D eigenvalue weighted by Gasteiger charge is -2.39. The van der Waals surface area contributed by atoms with Crippen LogP contribution < -0.4 is 0 Å². The molecule has 0 atom stereocenters. The zero-order valence-corrected chi connectivity index (χ0v) is 10.4. The number of nitriles is 1. The van der Waals surface area contributed by atoms with Crippen LogP contribution in [0.5, 0.6) is 0 Å². The molecule has 1 fully saturated rings. The molecule has 2 aromatic rings. The maximum Gasteiger partial charge on any atom is 0.110 e. The van der Waals surface area contributed by atoms with Crippen molar-refractivity contribution in [3.05, 3.63) is 29.6 Å². The van der Waals surface area contributed by atoms with Gasteiger partial charge in [0.15, 0.2) is 0 Å². The van der Waals surface area contributed by atoms with Crippen molar-refractivity contribution < 1.29 is 4.74 Å². The van der Waals surface area contributed by atoms with Gasteiger partial charge in [0.25, 0.3) is 0 Å². The molecule has 0 unspecified atom stereocenters. The summed E-state index contributed by atoms with van der Waals surface area (Å²) in [6.07, 6.45) is 4.25. The number of ether oxygens (including phenoxy) is 1. The van der Waals surface area contributed by atoms with Crippen LogP contribution >= 0.6 is 0 Å². The van der Waals surface area contributed by atoms with Crippen LogP contribution in [0.3, 0.4) is 0 Å². The number of fused-ring (bicyclic) bond motifs is 1. The Morgan fingerprint density at radius 2 is 2.33 bits per heavy atom. The van der Waals surface area contributed by atoms with Crippen LogP contribution in [0.25, 0.3) is 11.0 Å². The molecule has 18 heavy (non-hydrogen) atoms. The highest BCUT2D eigenvalue weighted by Crippen LogP contribution is 2.37. The highest BCUT2D eigenvalue weighted by molar-refractivity contribution is 5.76. The third-order valence-electron chi connectivity index (χ3n) is 3.85. The van der Waals surface area contributed by atoms with E-state index in [0.717, 1.165) is 36.1 Å². The first-order valence-corrected chi connectivity index (χ1v) is 6.19. The Labute approximate surface area is 106 Å². The molecule has 4 heteroatoms. The number of H-pyrrole nitrogens is 1. The molecule has 0 radical (unpaired) electrons. The third-order valence-corrected chi connectivity index (χ3v) is 3.85. The van der Waals surface area contributed by atoms with Crippen molar-refractivity contribution in [2.45, 2.75) is 31.3 Å². The van der Waals surface area contributed by atoms with Crippen LogP contribution in [-0.4, -0.2) is 22.7 Å². The first-order chi connectivity index (χ1) is 8.74. The fourth-order valence-electron chi connectivity index (χ4n) is 2.55. The second kappa shape index (κ2) is 4.11. The number of nitrogens with zero attached hydrogens (tertiary/aromatic N) is 2. The van der Waals surface area contributed by atoms with E-state index < -0.39 is 0 Å². The van der Waals surface area contributed by atoms with Crippen LogP contribution in [0.1, 0.15) is 30.7 Å². The van der Waals surface area contributed by atoms with Gasteiger partial charge in [-0.25, -0.2) is 4.98 Å². The Balaban J connectivity index is 1.91. The summed E-state index contributed by atoms with van der Waals surface area (Å²) in [4.78, 5) is 7.84. The van der Waals surface area contributed by atoms with Gasteiger partial charge in [-0.15, -0.1) is 0 Å². The molecule has 3 rings (SSSR count). The van der Waals surface area contributed by atoms with E-state index in [9.17, 15) is 0 Å². The molecule has 1 aliphatic carbocycles. The van der Waals surface area contributed by atoms with Crippen LogP contribution in [-0.2, 0) is 11.2 Å². The number of imidazole rings is 1. The molecule has 0 amide bonds. The number of methoxy groups -OCH3 is 1. The maximum atomic E-state index is 8.87. The third kappa shape index (κ3) is 1.77. The molecule has 0 saturated heterocycles. The van der Waals surface area contributed by atoms with Gasteiger partial charge in [0.1, 0.15) is 5.82 Å². The van der Waals surface area contributed by atoms with E-state index in [0.29, 0.717) is 5.56 Å². The summed E-state index contributed by atoms with van der Waals surface area (Å²) in [5.74, 6) is 0.946. The summed E-state index contributed by atoms with van der Waals surface area (Å²) >= 11 is 0. The number of hydrogen-bond donors (Lipinski definition) is 1.